The van der Waals surface area contributed by atoms with Crippen LogP contribution in [0.5, 0.6) is 0 Å². The van der Waals surface area contributed by atoms with Gasteiger partial charge in [0.1, 0.15) is 5.69 Å². The van der Waals surface area contributed by atoms with E-state index in [9.17, 15) is 4.79 Å². The highest BCUT2D eigenvalue weighted by atomic mass is 16.1. The van der Waals surface area contributed by atoms with Crippen LogP contribution in [0.15, 0.2) is 30.3 Å². The van der Waals surface area contributed by atoms with Crippen molar-refractivity contribution < 1.29 is 4.79 Å². The number of aromatic nitrogens is 2. The molecule has 0 saturated heterocycles. The predicted molar refractivity (Wildman–Crippen MR) is 71.8 cm³/mol. The smallest absolute Gasteiger partial charge is 0.185 e. The molecular weight excluding hydrogens is 224 g/mol. The number of benzene rings is 1. The van der Waals surface area contributed by atoms with Crippen molar-refractivity contribution in [2.75, 3.05) is 0 Å². The van der Waals surface area contributed by atoms with Crippen LogP contribution < -0.4 is 0 Å². The molecule has 0 aliphatic carbocycles. The number of rotatable bonds is 4. The van der Waals surface area contributed by atoms with E-state index in [0.717, 1.165) is 23.2 Å². The Morgan fingerprint density at radius 2 is 2.06 bits per heavy atom. The van der Waals surface area contributed by atoms with Gasteiger partial charge in [-0.15, -0.1) is 0 Å². The van der Waals surface area contributed by atoms with E-state index >= 15 is 0 Å². The van der Waals surface area contributed by atoms with Crippen LogP contribution in [0.2, 0.25) is 0 Å². The molecule has 1 aromatic heterocycles. The summed E-state index contributed by atoms with van der Waals surface area (Å²) in [6.07, 6.45) is 1.29. The maximum Gasteiger partial charge on any atom is 0.185 e. The number of carbonyl (C=O) groups excluding carboxylic acids is 1. The lowest BCUT2D eigenvalue weighted by atomic mass is 10.0. The molecule has 18 heavy (non-hydrogen) atoms. The molecule has 0 saturated carbocycles. The number of hydrogen-bond donors (Lipinski definition) is 0. The molecule has 0 fully saturated rings. The fourth-order valence-corrected chi connectivity index (χ4v) is 2.03. The largest absolute Gasteiger partial charge is 0.292 e. The Labute approximate surface area is 107 Å². The topological polar surface area (TPSA) is 34.9 Å². The number of Topliss-reactive ketones (excluding diaryl/α,β-unsaturated/α-hetero) is 1. The van der Waals surface area contributed by atoms with Gasteiger partial charge in [-0.05, 0) is 30.5 Å². The minimum absolute atomic E-state index is 0.124. The molecule has 0 aliphatic rings. The van der Waals surface area contributed by atoms with Gasteiger partial charge in [-0.1, -0.05) is 31.2 Å². The lowest BCUT2D eigenvalue weighted by Crippen LogP contribution is -2.10. The molecule has 0 radical (unpaired) electrons. The average Bonchev–Trinajstić information content (AvgIpc) is 2.73. The highest BCUT2D eigenvalue weighted by molar-refractivity contribution is 5.96. The lowest BCUT2D eigenvalue weighted by molar-refractivity contribution is 0.0984. The van der Waals surface area contributed by atoms with Gasteiger partial charge < -0.3 is 0 Å². The molecule has 0 aliphatic heterocycles. The molecule has 94 valence electrons. The molecule has 2 rings (SSSR count). The van der Waals surface area contributed by atoms with Gasteiger partial charge in [-0.25, -0.2) is 0 Å². The van der Waals surface area contributed by atoms with E-state index in [1.165, 1.54) is 0 Å². The summed E-state index contributed by atoms with van der Waals surface area (Å²) in [5.41, 5.74) is 3.89. The summed E-state index contributed by atoms with van der Waals surface area (Å²) in [6.45, 7) is 4.07. The van der Waals surface area contributed by atoms with Crippen molar-refractivity contribution in [2.24, 2.45) is 7.05 Å². The van der Waals surface area contributed by atoms with E-state index in [1.54, 1.807) is 4.68 Å². The summed E-state index contributed by atoms with van der Waals surface area (Å²) in [5, 5.41) is 4.31. The van der Waals surface area contributed by atoms with Crippen molar-refractivity contribution in [3.05, 3.63) is 52.8 Å². The van der Waals surface area contributed by atoms with Crippen molar-refractivity contribution >= 4 is 5.78 Å². The molecule has 0 spiro atoms. The molecule has 2 aromatic rings. The summed E-state index contributed by atoms with van der Waals surface area (Å²) in [4.78, 5) is 12.3. The molecule has 1 heterocycles. The van der Waals surface area contributed by atoms with Crippen LogP contribution in [-0.4, -0.2) is 15.6 Å². The highest BCUT2D eigenvalue weighted by Crippen LogP contribution is 2.12. The van der Waals surface area contributed by atoms with Gasteiger partial charge in [0, 0.05) is 13.5 Å². The van der Waals surface area contributed by atoms with Gasteiger partial charge in [-0.2, -0.15) is 5.10 Å². The molecule has 0 atom stereocenters. The lowest BCUT2D eigenvalue weighted by Gasteiger charge is -2.04. The average molecular weight is 242 g/mol. The first-order valence-corrected chi connectivity index (χ1v) is 6.22. The zero-order chi connectivity index (χ0) is 13.1. The first-order valence-electron chi connectivity index (χ1n) is 6.22. The third-order valence-electron chi connectivity index (χ3n) is 3.19. The summed E-state index contributed by atoms with van der Waals surface area (Å²) >= 11 is 0. The van der Waals surface area contributed by atoms with Gasteiger partial charge >= 0.3 is 0 Å². The minimum atomic E-state index is 0.124. The van der Waals surface area contributed by atoms with Gasteiger partial charge in [0.2, 0.25) is 0 Å². The zero-order valence-electron chi connectivity index (χ0n) is 11.1. The monoisotopic (exact) mass is 242 g/mol. The minimum Gasteiger partial charge on any atom is -0.292 e. The van der Waals surface area contributed by atoms with E-state index in [2.05, 4.69) is 5.10 Å². The van der Waals surface area contributed by atoms with Gasteiger partial charge in [-0.3, -0.25) is 9.48 Å². The zero-order valence-corrected chi connectivity index (χ0v) is 11.1. The summed E-state index contributed by atoms with van der Waals surface area (Å²) in [6, 6.07) is 9.88. The van der Waals surface area contributed by atoms with Crippen molar-refractivity contribution in [1.82, 2.24) is 9.78 Å². The Hall–Kier alpha value is -1.90. The Morgan fingerprint density at radius 1 is 1.33 bits per heavy atom. The van der Waals surface area contributed by atoms with Gasteiger partial charge in [0.25, 0.3) is 0 Å². The van der Waals surface area contributed by atoms with Crippen molar-refractivity contribution in [3.8, 4) is 0 Å². The SMILES string of the molecule is CCc1cc(C(=O)Cc2ccccc2C)n(C)n1. The second kappa shape index (κ2) is 5.17. The molecule has 0 bridgehead atoms. The normalized spacial score (nSPS) is 10.6. The van der Waals surface area contributed by atoms with E-state index in [4.69, 9.17) is 0 Å². The van der Waals surface area contributed by atoms with Gasteiger partial charge in [0.15, 0.2) is 5.78 Å². The second-order valence-electron chi connectivity index (χ2n) is 4.52. The third kappa shape index (κ3) is 2.50. The maximum absolute atomic E-state index is 12.3. The Morgan fingerprint density at radius 3 is 2.67 bits per heavy atom. The summed E-state index contributed by atoms with van der Waals surface area (Å²) in [7, 11) is 1.82. The molecule has 3 nitrogen and oxygen atoms in total. The van der Waals surface area contributed by atoms with Crippen LogP contribution in [0.1, 0.15) is 34.2 Å². The number of aryl methyl sites for hydroxylation is 3. The quantitative estimate of drug-likeness (QED) is 0.773. The molecule has 1 aromatic carbocycles. The standard InChI is InChI=1S/C15H18N2O/c1-4-13-10-14(17(3)16-13)15(18)9-12-8-6-5-7-11(12)2/h5-8,10H,4,9H2,1-3H3. The number of ketones is 1. The van der Waals surface area contributed by atoms with Crippen LogP contribution >= 0.6 is 0 Å². The number of hydrogen-bond acceptors (Lipinski definition) is 2. The Bertz CT molecular complexity index is 570. The van der Waals surface area contributed by atoms with Crippen molar-refractivity contribution in [2.45, 2.75) is 26.7 Å². The highest BCUT2D eigenvalue weighted by Gasteiger charge is 2.13. The van der Waals surface area contributed by atoms with Crippen LogP contribution in [0.25, 0.3) is 0 Å². The van der Waals surface area contributed by atoms with Crippen LogP contribution in [0, 0.1) is 6.92 Å². The third-order valence-corrected chi connectivity index (χ3v) is 3.19. The predicted octanol–water partition coefficient (Wildman–Crippen LogP) is 2.72. The molecule has 0 N–H and O–H groups in total. The number of nitrogens with zero attached hydrogens (tertiary/aromatic N) is 2. The van der Waals surface area contributed by atoms with Crippen molar-refractivity contribution in [1.29, 1.82) is 0 Å². The van der Waals surface area contributed by atoms with E-state index in [1.807, 2.05) is 51.2 Å². The fourth-order valence-electron chi connectivity index (χ4n) is 2.03. The van der Waals surface area contributed by atoms with E-state index in [-0.39, 0.29) is 5.78 Å². The second-order valence-corrected chi connectivity index (χ2v) is 4.52. The fraction of sp³-hybridized carbons (Fsp3) is 0.333. The van der Waals surface area contributed by atoms with Crippen molar-refractivity contribution in [3.63, 3.8) is 0 Å². The molecule has 0 unspecified atom stereocenters. The van der Waals surface area contributed by atoms with Crippen LogP contribution in [0.4, 0.5) is 0 Å². The van der Waals surface area contributed by atoms with E-state index < -0.39 is 0 Å². The molecular formula is C15H18N2O. The summed E-state index contributed by atoms with van der Waals surface area (Å²) in [5.74, 6) is 0.124. The summed E-state index contributed by atoms with van der Waals surface area (Å²) < 4.78 is 1.68. The Balaban J connectivity index is 2.22. The van der Waals surface area contributed by atoms with E-state index in [0.29, 0.717) is 12.1 Å². The van der Waals surface area contributed by atoms with Crippen LogP contribution in [-0.2, 0) is 19.9 Å². The Kier molecular flexibility index (Phi) is 3.60. The first kappa shape index (κ1) is 12.6. The molecule has 0 amide bonds. The maximum atomic E-state index is 12.3. The van der Waals surface area contributed by atoms with Crippen LogP contribution in [0.3, 0.4) is 0 Å². The molecule has 3 heteroatoms. The van der Waals surface area contributed by atoms with Gasteiger partial charge in [0.05, 0.1) is 5.69 Å². The first-order chi connectivity index (χ1) is 8.61. The number of carbonyl (C=O) groups is 1.